The topological polar surface area (TPSA) is 21.3 Å². The molecule has 2 aliphatic rings. The number of anilines is 1. The summed E-state index contributed by atoms with van der Waals surface area (Å²) in [5.41, 5.74) is 3.05. The Morgan fingerprint density at radius 2 is 2.17 bits per heavy atom. The van der Waals surface area contributed by atoms with Crippen LogP contribution in [-0.4, -0.2) is 24.7 Å². The van der Waals surface area contributed by atoms with Crippen molar-refractivity contribution in [3.8, 4) is 5.75 Å². The highest BCUT2D eigenvalue weighted by Gasteiger charge is 2.28. The van der Waals surface area contributed by atoms with Crippen LogP contribution in [0, 0.1) is 5.41 Å². The Hall–Kier alpha value is -0.830. The summed E-state index contributed by atoms with van der Waals surface area (Å²) in [6.45, 7) is 4.28. The molecule has 1 fully saturated rings. The standard InChI is InChI=1S/C15H21NOS/c1-15(5-8-18-9-6-15)11-17-13-3-2-12-4-7-16-14(12)10-13/h2-3,10,16H,4-9,11H2,1H3. The minimum atomic E-state index is 0.373. The Balaban J connectivity index is 1.62. The van der Waals surface area contributed by atoms with E-state index in [9.17, 15) is 0 Å². The van der Waals surface area contributed by atoms with Crippen molar-refractivity contribution in [1.29, 1.82) is 0 Å². The predicted molar refractivity (Wildman–Crippen MR) is 78.8 cm³/mol. The van der Waals surface area contributed by atoms with Crippen LogP contribution in [0.25, 0.3) is 0 Å². The molecule has 0 saturated carbocycles. The van der Waals surface area contributed by atoms with Gasteiger partial charge < -0.3 is 10.1 Å². The smallest absolute Gasteiger partial charge is 0.121 e. The van der Waals surface area contributed by atoms with Gasteiger partial charge in [0.05, 0.1) is 6.61 Å². The zero-order valence-electron chi connectivity index (χ0n) is 11.0. The molecule has 0 spiro atoms. The van der Waals surface area contributed by atoms with E-state index in [0.29, 0.717) is 5.41 Å². The second kappa shape index (κ2) is 5.04. The number of ether oxygens (including phenoxy) is 1. The highest BCUT2D eigenvalue weighted by molar-refractivity contribution is 7.99. The second-order valence-corrected chi connectivity index (χ2v) is 6.93. The third kappa shape index (κ3) is 2.61. The molecule has 1 saturated heterocycles. The van der Waals surface area contributed by atoms with Gasteiger partial charge in [0, 0.05) is 23.7 Å². The van der Waals surface area contributed by atoms with Crippen LogP contribution in [-0.2, 0) is 6.42 Å². The van der Waals surface area contributed by atoms with Crippen LogP contribution >= 0.6 is 11.8 Å². The van der Waals surface area contributed by atoms with Gasteiger partial charge >= 0.3 is 0 Å². The number of thioether (sulfide) groups is 1. The molecule has 0 unspecified atom stereocenters. The molecule has 2 nitrogen and oxygen atoms in total. The average molecular weight is 263 g/mol. The summed E-state index contributed by atoms with van der Waals surface area (Å²) in [5.74, 6) is 3.58. The molecular weight excluding hydrogens is 242 g/mol. The first-order valence-corrected chi connectivity index (χ1v) is 7.98. The highest BCUT2D eigenvalue weighted by Crippen LogP contribution is 2.35. The van der Waals surface area contributed by atoms with E-state index in [2.05, 4.69) is 42.2 Å². The third-order valence-corrected chi connectivity index (χ3v) is 5.06. The summed E-state index contributed by atoms with van der Waals surface area (Å²) < 4.78 is 6.02. The van der Waals surface area contributed by atoms with Crippen molar-refractivity contribution in [3.05, 3.63) is 23.8 Å². The maximum absolute atomic E-state index is 6.02. The average Bonchev–Trinajstić information content (AvgIpc) is 2.85. The van der Waals surface area contributed by atoms with Crippen LogP contribution in [0.3, 0.4) is 0 Å². The van der Waals surface area contributed by atoms with Crippen LogP contribution < -0.4 is 10.1 Å². The number of benzene rings is 1. The lowest BCUT2D eigenvalue weighted by Gasteiger charge is -2.32. The van der Waals surface area contributed by atoms with Crippen LogP contribution in [0.2, 0.25) is 0 Å². The molecule has 0 bridgehead atoms. The number of nitrogens with one attached hydrogen (secondary N) is 1. The van der Waals surface area contributed by atoms with Crippen LogP contribution in [0.4, 0.5) is 5.69 Å². The lowest BCUT2D eigenvalue weighted by molar-refractivity contribution is 0.151. The number of hydrogen-bond donors (Lipinski definition) is 1. The summed E-state index contributed by atoms with van der Waals surface area (Å²) >= 11 is 2.07. The second-order valence-electron chi connectivity index (χ2n) is 5.71. The third-order valence-electron chi connectivity index (χ3n) is 4.08. The van der Waals surface area contributed by atoms with Crippen LogP contribution in [0.15, 0.2) is 18.2 Å². The van der Waals surface area contributed by atoms with E-state index in [4.69, 9.17) is 4.74 Å². The number of hydrogen-bond acceptors (Lipinski definition) is 3. The van der Waals surface area contributed by atoms with E-state index in [-0.39, 0.29) is 0 Å². The van der Waals surface area contributed by atoms with Crippen molar-refractivity contribution in [2.45, 2.75) is 26.2 Å². The molecule has 0 aliphatic carbocycles. The monoisotopic (exact) mass is 263 g/mol. The molecular formula is C15H21NOS. The Labute approximate surface area is 113 Å². The SMILES string of the molecule is CC1(COc2ccc3c(c2)NCC3)CCSCC1. The minimum Gasteiger partial charge on any atom is -0.493 e. The van der Waals surface area contributed by atoms with Gasteiger partial charge in [0.25, 0.3) is 0 Å². The van der Waals surface area contributed by atoms with E-state index in [1.165, 1.54) is 35.6 Å². The molecule has 18 heavy (non-hydrogen) atoms. The van der Waals surface area contributed by atoms with Gasteiger partial charge in [0.1, 0.15) is 5.75 Å². The fourth-order valence-electron chi connectivity index (χ4n) is 2.63. The fraction of sp³-hybridized carbons (Fsp3) is 0.600. The molecule has 1 aromatic carbocycles. The summed E-state index contributed by atoms with van der Waals surface area (Å²) in [5, 5.41) is 3.40. The largest absolute Gasteiger partial charge is 0.493 e. The lowest BCUT2D eigenvalue weighted by Crippen LogP contribution is -2.29. The molecule has 98 valence electrons. The van der Waals surface area contributed by atoms with Crippen LogP contribution in [0.1, 0.15) is 25.3 Å². The van der Waals surface area contributed by atoms with Gasteiger partial charge in [-0.3, -0.25) is 0 Å². The van der Waals surface area contributed by atoms with Gasteiger partial charge in [0.15, 0.2) is 0 Å². The van der Waals surface area contributed by atoms with E-state index < -0.39 is 0 Å². The van der Waals surface area contributed by atoms with Crippen LogP contribution in [0.5, 0.6) is 5.75 Å². The molecule has 3 heteroatoms. The predicted octanol–water partition coefficient (Wildman–Crippen LogP) is 3.57. The quantitative estimate of drug-likeness (QED) is 0.901. The Bertz CT molecular complexity index is 427. The van der Waals surface area contributed by atoms with Crippen molar-refractivity contribution >= 4 is 17.4 Å². The maximum atomic E-state index is 6.02. The highest BCUT2D eigenvalue weighted by atomic mass is 32.2. The van der Waals surface area contributed by atoms with Gasteiger partial charge in [-0.25, -0.2) is 0 Å². The first kappa shape index (κ1) is 12.2. The molecule has 2 heterocycles. The molecule has 0 aromatic heterocycles. The molecule has 1 aromatic rings. The first-order chi connectivity index (χ1) is 8.75. The first-order valence-electron chi connectivity index (χ1n) is 6.83. The molecule has 0 radical (unpaired) electrons. The lowest BCUT2D eigenvalue weighted by atomic mass is 9.85. The summed E-state index contributed by atoms with van der Waals surface area (Å²) in [4.78, 5) is 0. The normalized spacial score (nSPS) is 21.2. The molecule has 1 N–H and O–H groups in total. The van der Waals surface area contributed by atoms with Crippen molar-refractivity contribution in [2.75, 3.05) is 30.0 Å². The van der Waals surface area contributed by atoms with E-state index >= 15 is 0 Å². The number of fused-ring (bicyclic) bond motifs is 1. The molecule has 2 aliphatic heterocycles. The summed E-state index contributed by atoms with van der Waals surface area (Å²) in [6, 6.07) is 6.47. The van der Waals surface area contributed by atoms with Crippen molar-refractivity contribution < 1.29 is 4.74 Å². The van der Waals surface area contributed by atoms with Gasteiger partial charge in [0.2, 0.25) is 0 Å². The Kier molecular flexibility index (Phi) is 3.42. The van der Waals surface area contributed by atoms with Gasteiger partial charge in [-0.05, 0) is 42.4 Å². The fourth-order valence-corrected chi connectivity index (χ4v) is 4.10. The Morgan fingerprint density at radius 1 is 1.33 bits per heavy atom. The van der Waals surface area contributed by atoms with E-state index in [1.54, 1.807) is 0 Å². The van der Waals surface area contributed by atoms with Crippen molar-refractivity contribution in [1.82, 2.24) is 0 Å². The zero-order chi connectivity index (χ0) is 12.4. The van der Waals surface area contributed by atoms with Gasteiger partial charge in [-0.1, -0.05) is 13.0 Å². The van der Waals surface area contributed by atoms with Gasteiger partial charge in [-0.2, -0.15) is 11.8 Å². The zero-order valence-corrected chi connectivity index (χ0v) is 11.8. The van der Waals surface area contributed by atoms with Crippen molar-refractivity contribution in [2.24, 2.45) is 5.41 Å². The van der Waals surface area contributed by atoms with Gasteiger partial charge in [-0.15, -0.1) is 0 Å². The minimum absolute atomic E-state index is 0.373. The summed E-state index contributed by atoms with van der Waals surface area (Å²) in [6.07, 6.45) is 3.70. The molecule has 0 amide bonds. The Morgan fingerprint density at radius 3 is 3.00 bits per heavy atom. The van der Waals surface area contributed by atoms with Crippen molar-refractivity contribution in [3.63, 3.8) is 0 Å². The molecule has 0 atom stereocenters. The number of rotatable bonds is 3. The molecule has 3 rings (SSSR count). The van der Waals surface area contributed by atoms with E-state index in [0.717, 1.165) is 25.3 Å². The maximum Gasteiger partial charge on any atom is 0.121 e. The summed E-state index contributed by atoms with van der Waals surface area (Å²) in [7, 11) is 0. The van der Waals surface area contributed by atoms with E-state index in [1.807, 2.05) is 0 Å².